The van der Waals surface area contributed by atoms with E-state index in [9.17, 15) is 5.26 Å². The third-order valence-electron chi connectivity index (χ3n) is 8.92. The fourth-order valence-electron chi connectivity index (χ4n) is 6.39. The largest absolute Gasteiger partial charge is 0.487 e. The van der Waals surface area contributed by atoms with Crippen LogP contribution in [0.1, 0.15) is 44.2 Å². The third kappa shape index (κ3) is 8.02. The number of aromatic nitrogens is 10. The standard InChI is InChI=1S/C33H39N13O3/c1-24(21-45-23-37-41-42-45)49-31-17-25(3-4-26(31)18-34)27-19-35-33(36-20-27)39-30-22-46(40-32(30)48-16-13-44-10-2-9-38-44)29-7-5-28(6-8-29)43-11-14-47-15-12-43/h2-4,9-10,17,19-20,22-24,28-29H,5-8,11-16,21H2,1H3,(H,35,36,39)/t24-,28-,29-/m0/s1. The van der Waals surface area contributed by atoms with Crippen LogP contribution in [-0.2, 0) is 17.8 Å². The van der Waals surface area contributed by atoms with Gasteiger partial charge in [0.1, 0.15) is 36.5 Å². The molecule has 5 aromatic rings. The number of benzene rings is 1. The van der Waals surface area contributed by atoms with E-state index in [0.29, 0.717) is 54.6 Å². The average Bonchev–Trinajstić information content (AvgIpc) is 3.93. The molecule has 7 rings (SSSR count). The molecule has 49 heavy (non-hydrogen) atoms. The number of ether oxygens (including phenoxy) is 3. The zero-order valence-corrected chi connectivity index (χ0v) is 27.4. The molecule has 0 amide bonds. The highest BCUT2D eigenvalue weighted by Crippen LogP contribution is 2.35. The van der Waals surface area contributed by atoms with Gasteiger partial charge in [0.15, 0.2) is 0 Å². The van der Waals surface area contributed by atoms with E-state index in [1.54, 1.807) is 29.3 Å². The first-order chi connectivity index (χ1) is 24.1. The van der Waals surface area contributed by atoms with Gasteiger partial charge in [-0.05, 0) is 66.8 Å². The van der Waals surface area contributed by atoms with Gasteiger partial charge in [-0.2, -0.15) is 10.4 Å². The van der Waals surface area contributed by atoms with Crippen molar-refractivity contribution in [2.24, 2.45) is 0 Å². The third-order valence-corrected chi connectivity index (χ3v) is 8.92. The lowest BCUT2D eigenvalue weighted by atomic mass is 9.90. The molecule has 1 aliphatic heterocycles. The molecule has 0 unspecified atom stereocenters. The molecule has 4 aromatic heterocycles. The number of hydrogen-bond donors (Lipinski definition) is 1. The number of morpholine rings is 1. The van der Waals surface area contributed by atoms with Crippen molar-refractivity contribution in [3.8, 4) is 28.8 Å². The van der Waals surface area contributed by atoms with Crippen molar-refractivity contribution < 1.29 is 14.2 Å². The van der Waals surface area contributed by atoms with Crippen molar-refractivity contribution in [2.45, 2.75) is 63.9 Å². The molecule has 1 atom stereocenters. The molecule has 16 heteroatoms. The molecule has 254 valence electrons. The summed E-state index contributed by atoms with van der Waals surface area (Å²) in [6, 6.07) is 10.4. The van der Waals surface area contributed by atoms with Crippen LogP contribution in [-0.4, -0.2) is 99.7 Å². The highest BCUT2D eigenvalue weighted by Gasteiger charge is 2.29. The van der Waals surface area contributed by atoms with Crippen molar-refractivity contribution in [1.29, 1.82) is 5.26 Å². The van der Waals surface area contributed by atoms with Gasteiger partial charge in [-0.1, -0.05) is 6.07 Å². The van der Waals surface area contributed by atoms with E-state index in [2.05, 4.69) is 46.9 Å². The van der Waals surface area contributed by atoms with Crippen LogP contribution in [0.4, 0.5) is 11.6 Å². The van der Waals surface area contributed by atoms with E-state index in [-0.39, 0.29) is 12.1 Å². The van der Waals surface area contributed by atoms with Gasteiger partial charge in [-0.25, -0.2) is 14.6 Å². The van der Waals surface area contributed by atoms with Crippen LogP contribution in [0.15, 0.2) is 61.6 Å². The quantitative estimate of drug-likeness (QED) is 0.194. The average molecular weight is 666 g/mol. The number of nitriles is 1. The van der Waals surface area contributed by atoms with E-state index < -0.39 is 0 Å². The minimum Gasteiger partial charge on any atom is -0.487 e. The van der Waals surface area contributed by atoms with Gasteiger partial charge in [0.2, 0.25) is 5.95 Å². The molecular weight excluding hydrogens is 626 g/mol. The second-order valence-corrected chi connectivity index (χ2v) is 12.3. The van der Waals surface area contributed by atoms with E-state index in [1.807, 2.05) is 46.9 Å². The molecule has 1 saturated heterocycles. The summed E-state index contributed by atoms with van der Waals surface area (Å²) in [5.41, 5.74) is 2.72. The van der Waals surface area contributed by atoms with Crippen molar-refractivity contribution >= 4 is 11.6 Å². The van der Waals surface area contributed by atoms with Gasteiger partial charge in [-0.3, -0.25) is 14.3 Å². The van der Waals surface area contributed by atoms with Gasteiger partial charge in [0, 0.05) is 49.5 Å². The van der Waals surface area contributed by atoms with Gasteiger partial charge in [-0.15, -0.1) is 10.2 Å². The number of tetrazole rings is 1. The van der Waals surface area contributed by atoms with Crippen molar-refractivity contribution in [3.05, 3.63) is 67.1 Å². The second-order valence-electron chi connectivity index (χ2n) is 12.3. The number of anilines is 2. The summed E-state index contributed by atoms with van der Waals surface area (Å²) in [4.78, 5) is 11.8. The van der Waals surface area contributed by atoms with Crippen LogP contribution in [0.2, 0.25) is 0 Å². The predicted octanol–water partition coefficient (Wildman–Crippen LogP) is 3.50. The molecular formula is C33H39N13O3. The van der Waals surface area contributed by atoms with Crippen molar-refractivity contribution in [3.63, 3.8) is 0 Å². The summed E-state index contributed by atoms with van der Waals surface area (Å²) in [6.45, 7) is 7.02. The second kappa shape index (κ2) is 15.2. The first-order valence-corrected chi connectivity index (χ1v) is 16.6. The van der Waals surface area contributed by atoms with Gasteiger partial charge >= 0.3 is 0 Å². The number of hydrogen-bond acceptors (Lipinski definition) is 13. The maximum Gasteiger partial charge on any atom is 0.257 e. The maximum atomic E-state index is 9.67. The van der Waals surface area contributed by atoms with Crippen LogP contribution in [0.5, 0.6) is 11.6 Å². The lowest BCUT2D eigenvalue weighted by Crippen LogP contribution is -2.45. The molecule has 0 bridgehead atoms. The van der Waals surface area contributed by atoms with E-state index in [0.717, 1.165) is 63.1 Å². The monoisotopic (exact) mass is 665 g/mol. The molecule has 16 nitrogen and oxygen atoms in total. The van der Waals surface area contributed by atoms with E-state index in [4.69, 9.17) is 19.3 Å². The molecule has 2 fully saturated rings. The Morgan fingerprint density at radius 1 is 1.06 bits per heavy atom. The van der Waals surface area contributed by atoms with E-state index in [1.165, 1.54) is 6.33 Å². The Morgan fingerprint density at radius 2 is 1.88 bits per heavy atom. The Bertz CT molecular complexity index is 1810. The minimum atomic E-state index is -0.273. The molecule has 0 radical (unpaired) electrons. The fourth-order valence-corrected chi connectivity index (χ4v) is 6.39. The first kappa shape index (κ1) is 32.2. The lowest BCUT2D eigenvalue weighted by Gasteiger charge is -2.38. The Balaban J connectivity index is 1.04. The highest BCUT2D eigenvalue weighted by atomic mass is 16.5. The Hall–Kier alpha value is -5.40. The van der Waals surface area contributed by atoms with Crippen LogP contribution >= 0.6 is 0 Å². The van der Waals surface area contributed by atoms with Gasteiger partial charge in [0.05, 0.1) is 44.1 Å². The zero-order chi connectivity index (χ0) is 33.4. The summed E-state index contributed by atoms with van der Waals surface area (Å²) < 4.78 is 23.3. The topological polar surface area (TPSA) is 172 Å². The molecule has 0 spiro atoms. The normalized spacial score (nSPS) is 18.9. The SMILES string of the molecule is C[C@@H](Cn1cnnn1)Oc1cc(-c2cnc(Nc3cn([C@H]4CC[C@H](N5CCOCC5)CC4)nc3OCCn3cccn3)nc2)ccc1C#N. The molecule has 1 aliphatic carbocycles. The summed E-state index contributed by atoms with van der Waals surface area (Å²) in [7, 11) is 0. The maximum absolute atomic E-state index is 9.67. The fraction of sp³-hybridized carbons (Fsp3) is 0.455. The number of nitrogens with one attached hydrogen (secondary N) is 1. The molecule has 1 aromatic carbocycles. The lowest BCUT2D eigenvalue weighted by molar-refractivity contribution is 0.00503. The Labute approximate surface area is 283 Å². The number of rotatable bonds is 13. The van der Waals surface area contributed by atoms with Crippen LogP contribution in [0.3, 0.4) is 0 Å². The highest BCUT2D eigenvalue weighted by molar-refractivity contribution is 5.67. The molecule has 1 saturated carbocycles. The van der Waals surface area contributed by atoms with Crippen molar-refractivity contribution in [2.75, 3.05) is 38.2 Å². The summed E-state index contributed by atoms with van der Waals surface area (Å²) in [6.07, 6.45) is 14.7. The van der Waals surface area contributed by atoms with E-state index >= 15 is 0 Å². The Kier molecular flexibility index (Phi) is 9.99. The zero-order valence-electron chi connectivity index (χ0n) is 27.4. The summed E-state index contributed by atoms with van der Waals surface area (Å²) >= 11 is 0. The summed E-state index contributed by atoms with van der Waals surface area (Å²) in [5, 5.41) is 33.4. The smallest absolute Gasteiger partial charge is 0.257 e. The molecule has 5 heterocycles. The van der Waals surface area contributed by atoms with Crippen LogP contribution in [0, 0.1) is 11.3 Å². The van der Waals surface area contributed by atoms with Crippen molar-refractivity contribution in [1.82, 2.24) is 54.6 Å². The van der Waals surface area contributed by atoms with Crippen LogP contribution in [0.25, 0.3) is 11.1 Å². The Morgan fingerprint density at radius 3 is 2.61 bits per heavy atom. The first-order valence-electron chi connectivity index (χ1n) is 16.6. The van der Waals surface area contributed by atoms with Gasteiger partial charge < -0.3 is 19.5 Å². The number of nitrogens with zero attached hydrogens (tertiary/aromatic N) is 12. The van der Waals surface area contributed by atoms with Gasteiger partial charge in [0.25, 0.3) is 5.88 Å². The molecule has 1 N–H and O–H groups in total. The summed E-state index contributed by atoms with van der Waals surface area (Å²) in [5.74, 6) is 1.38. The van der Waals surface area contributed by atoms with Crippen LogP contribution < -0.4 is 14.8 Å². The minimum absolute atomic E-state index is 0.273. The molecule has 2 aliphatic rings. The predicted molar refractivity (Wildman–Crippen MR) is 177 cm³/mol.